The number of nitrogens with zero attached hydrogens (tertiary/aromatic N) is 2. The van der Waals surface area contributed by atoms with Crippen LogP contribution in [0.1, 0.15) is 44.9 Å². The molecule has 38 heavy (non-hydrogen) atoms. The Morgan fingerprint density at radius 1 is 1.03 bits per heavy atom. The number of carbonyl (C=O) groups is 2. The molecule has 5 fully saturated rings. The van der Waals surface area contributed by atoms with Gasteiger partial charge in [0, 0.05) is 12.1 Å². The molecule has 1 saturated heterocycles. The van der Waals surface area contributed by atoms with E-state index in [2.05, 4.69) is 5.32 Å². The van der Waals surface area contributed by atoms with Crippen LogP contribution in [0.25, 0.3) is 0 Å². The number of amides is 2. The molecule has 7 nitrogen and oxygen atoms in total. The molecule has 4 aliphatic carbocycles. The third-order valence-electron chi connectivity index (χ3n) is 8.48. The number of ether oxygens (including phenoxy) is 2. The molecule has 4 saturated carbocycles. The monoisotopic (exact) mass is 533 g/mol. The molecule has 1 heterocycles. The molecule has 8 heteroatoms. The molecule has 200 valence electrons. The van der Waals surface area contributed by atoms with Gasteiger partial charge in [0.1, 0.15) is 11.0 Å². The van der Waals surface area contributed by atoms with E-state index in [0.717, 1.165) is 23.4 Å². The Morgan fingerprint density at radius 2 is 1.68 bits per heavy atom. The number of aliphatic imine (C=N–C) groups is 1. The third-order valence-corrected chi connectivity index (χ3v) is 9.66. The predicted octanol–water partition coefficient (Wildman–Crippen LogP) is 5.64. The average molecular weight is 534 g/mol. The summed E-state index contributed by atoms with van der Waals surface area (Å²) in [6, 6.07) is 16.8. The maximum atomic E-state index is 13.4. The number of hydrogen-bond acceptors (Lipinski definition) is 6. The van der Waals surface area contributed by atoms with Gasteiger partial charge in [-0.15, -0.1) is 0 Å². The first-order chi connectivity index (χ1) is 18.5. The Kier molecular flexibility index (Phi) is 7.18. The lowest BCUT2D eigenvalue weighted by molar-refractivity contribution is -0.164. The molecule has 2 aromatic carbocycles. The minimum Gasteiger partial charge on any atom is -0.497 e. The normalized spacial score (nSPS) is 31.0. The zero-order valence-electron chi connectivity index (χ0n) is 21.8. The van der Waals surface area contributed by atoms with Gasteiger partial charge in [-0.1, -0.05) is 30.0 Å². The number of nitrogens with one attached hydrogen (secondary N) is 1. The zero-order valence-corrected chi connectivity index (χ0v) is 22.6. The summed E-state index contributed by atoms with van der Waals surface area (Å²) >= 11 is 1.35. The van der Waals surface area contributed by atoms with Crippen molar-refractivity contribution in [1.82, 2.24) is 4.90 Å². The quantitative estimate of drug-likeness (QED) is 0.475. The van der Waals surface area contributed by atoms with Gasteiger partial charge in [-0.2, -0.15) is 0 Å². The summed E-state index contributed by atoms with van der Waals surface area (Å²) in [5.74, 6) is 2.85. The van der Waals surface area contributed by atoms with E-state index in [0.29, 0.717) is 29.8 Å². The van der Waals surface area contributed by atoms with Crippen molar-refractivity contribution in [2.24, 2.45) is 22.7 Å². The van der Waals surface area contributed by atoms with Gasteiger partial charge in [-0.3, -0.25) is 14.5 Å². The summed E-state index contributed by atoms with van der Waals surface area (Å²) < 4.78 is 11.8. The van der Waals surface area contributed by atoms with Crippen LogP contribution >= 0.6 is 11.8 Å². The van der Waals surface area contributed by atoms with E-state index < -0.39 is 5.25 Å². The lowest BCUT2D eigenvalue weighted by Gasteiger charge is -2.56. The number of hydrogen-bond donors (Lipinski definition) is 1. The van der Waals surface area contributed by atoms with Crippen molar-refractivity contribution in [2.45, 2.75) is 55.8 Å². The van der Waals surface area contributed by atoms with Crippen LogP contribution in [0.2, 0.25) is 0 Å². The largest absolute Gasteiger partial charge is 0.497 e. The summed E-state index contributed by atoms with van der Waals surface area (Å²) in [6.45, 7) is 0.945. The predicted molar refractivity (Wildman–Crippen MR) is 150 cm³/mol. The molecule has 1 aliphatic heterocycles. The van der Waals surface area contributed by atoms with Crippen LogP contribution in [0.15, 0.2) is 59.6 Å². The first kappa shape index (κ1) is 25.4. The second-order valence-corrected chi connectivity index (χ2v) is 12.4. The number of carbonyl (C=O) groups excluding carboxylic acids is 2. The maximum Gasteiger partial charge on any atom is 0.238 e. The molecule has 0 aromatic heterocycles. The molecular formula is C30H35N3O4S. The minimum absolute atomic E-state index is 0.00174. The fraction of sp³-hybridized carbons (Fsp3) is 0.500. The number of thioether (sulfide) groups is 1. The average Bonchev–Trinajstić information content (AvgIpc) is 2.90. The molecule has 2 aromatic rings. The topological polar surface area (TPSA) is 80.2 Å². The van der Waals surface area contributed by atoms with Gasteiger partial charge in [-0.05, 0) is 92.7 Å². The van der Waals surface area contributed by atoms with Gasteiger partial charge in [0.15, 0.2) is 5.17 Å². The SMILES string of the molecule is COc1ccc(NC(=O)C2CC(=O)N(CCOC34CC5CC(CC(C5)C3)C4)C(=Nc3ccccc3)S2)cc1. The van der Waals surface area contributed by atoms with Crippen molar-refractivity contribution >= 4 is 40.1 Å². The van der Waals surface area contributed by atoms with Crippen LogP contribution in [0.3, 0.4) is 0 Å². The van der Waals surface area contributed by atoms with Crippen LogP contribution in [0.4, 0.5) is 11.4 Å². The minimum atomic E-state index is -0.563. The van der Waals surface area contributed by atoms with Crippen molar-refractivity contribution in [3.05, 3.63) is 54.6 Å². The van der Waals surface area contributed by atoms with E-state index >= 15 is 0 Å². The highest BCUT2D eigenvalue weighted by Gasteiger charge is 2.51. The van der Waals surface area contributed by atoms with Crippen molar-refractivity contribution in [1.29, 1.82) is 0 Å². The first-order valence-electron chi connectivity index (χ1n) is 13.7. The number of amidine groups is 1. The summed E-state index contributed by atoms with van der Waals surface area (Å²) in [5.41, 5.74) is 1.42. The fourth-order valence-corrected chi connectivity index (χ4v) is 8.26. The standard InChI is InChI=1S/C30H35N3O4S/c1-36-25-9-7-24(8-10-25)31-28(35)26-16-27(34)33(29(38-26)32-23-5-3-2-4-6-23)11-12-37-30-17-20-13-21(18-30)15-22(14-20)19-30/h2-10,20-22,26H,11-19H2,1H3,(H,31,35). The highest BCUT2D eigenvalue weighted by Crippen LogP contribution is 2.57. The highest BCUT2D eigenvalue weighted by molar-refractivity contribution is 8.15. The van der Waals surface area contributed by atoms with E-state index in [1.165, 1.54) is 50.3 Å². The Hall–Kier alpha value is -2.84. The maximum absolute atomic E-state index is 13.4. The van der Waals surface area contributed by atoms with Gasteiger partial charge in [0.2, 0.25) is 11.8 Å². The molecule has 1 atom stereocenters. The number of anilines is 1. The Labute approximate surface area is 228 Å². The van der Waals surface area contributed by atoms with Gasteiger partial charge < -0.3 is 14.8 Å². The molecular weight excluding hydrogens is 498 g/mol. The lowest BCUT2D eigenvalue weighted by atomic mass is 9.54. The second kappa shape index (κ2) is 10.7. The molecule has 2 amide bonds. The molecule has 1 unspecified atom stereocenters. The van der Waals surface area contributed by atoms with E-state index in [9.17, 15) is 9.59 Å². The highest BCUT2D eigenvalue weighted by atomic mass is 32.2. The molecule has 5 aliphatic rings. The summed E-state index contributed by atoms with van der Waals surface area (Å²) in [4.78, 5) is 33.0. The Balaban J connectivity index is 1.14. The fourth-order valence-electron chi connectivity index (χ4n) is 7.13. The van der Waals surface area contributed by atoms with Crippen LogP contribution in [0.5, 0.6) is 5.75 Å². The number of methoxy groups -OCH3 is 1. The van der Waals surface area contributed by atoms with Crippen LogP contribution < -0.4 is 10.1 Å². The summed E-state index contributed by atoms with van der Waals surface area (Å²) in [5, 5.41) is 2.92. The van der Waals surface area contributed by atoms with E-state index in [-0.39, 0.29) is 23.8 Å². The second-order valence-electron chi connectivity index (χ2n) is 11.3. The van der Waals surface area contributed by atoms with Crippen molar-refractivity contribution in [3.63, 3.8) is 0 Å². The molecule has 7 rings (SSSR count). The molecule has 0 radical (unpaired) electrons. The van der Waals surface area contributed by atoms with Crippen LogP contribution in [-0.4, -0.2) is 53.0 Å². The van der Waals surface area contributed by atoms with Crippen LogP contribution in [0, 0.1) is 17.8 Å². The number of para-hydroxylation sites is 1. The van der Waals surface area contributed by atoms with Gasteiger partial charge in [-0.25, -0.2) is 4.99 Å². The lowest BCUT2D eigenvalue weighted by Crippen LogP contribution is -2.53. The van der Waals surface area contributed by atoms with Crippen LogP contribution in [-0.2, 0) is 14.3 Å². The van der Waals surface area contributed by atoms with E-state index in [1.54, 1.807) is 36.3 Å². The molecule has 0 spiro atoms. The van der Waals surface area contributed by atoms with Crippen molar-refractivity contribution in [3.8, 4) is 5.75 Å². The molecule has 1 N–H and O–H groups in total. The van der Waals surface area contributed by atoms with Crippen molar-refractivity contribution in [2.75, 3.05) is 25.6 Å². The van der Waals surface area contributed by atoms with Gasteiger partial charge in [0.05, 0.1) is 31.5 Å². The zero-order chi connectivity index (χ0) is 26.1. The van der Waals surface area contributed by atoms with Gasteiger partial charge in [0.25, 0.3) is 0 Å². The van der Waals surface area contributed by atoms with E-state index in [4.69, 9.17) is 14.5 Å². The third kappa shape index (κ3) is 5.47. The van der Waals surface area contributed by atoms with Gasteiger partial charge >= 0.3 is 0 Å². The van der Waals surface area contributed by atoms with Crippen molar-refractivity contribution < 1.29 is 19.1 Å². The number of benzene rings is 2. The first-order valence-corrected chi connectivity index (χ1v) is 14.6. The summed E-state index contributed by atoms with van der Waals surface area (Å²) in [7, 11) is 1.60. The Bertz CT molecular complexity index is 1160. The van der Waals surface area contributed by atoms with E-state index in [1.807, 2.05) is 30.3 Å². The number of rotatable bonds is 8. The summed E-state index contributed by atoms with van der Waals surface area (Å²) in [6.07, 6.45) is 7.74. The molecule has 4 bridgehead atoms. The Morgan fingerprint density at radius 3 is 2.32 bits per heavy atom. The smallest absolute Gasteiger partial charge is 0.238 e.